The van der Waals surface area contributed by atoms with Crippen molar-refractivity contribution in [2.24, 2.45) is 0 Å². The van der Waals surface area contributed by atoms with E-state index in [0.29, 0.717) is 6.61 Å². The fraction of sp³-hybridized carbons (Fsp3) is 0.714. The molecule has 0 aliphatic heterocycles. The lowest BCUT2D eigenvalue weighted by Gasteiger charge is -1.99. The highest BCUT2D eigenvalue weighted by molar-refractivity contribution is 5.96. The van der Waals surface area contributed by atoms with Crippen molar-refractivity contribution in [3.8, 4) is 0 Å². The van der Waals surface area contributed by atoms with Gasteiger partial charge in [0.15, 0.2) is 5.78 Å². The average Bonchev–Trinajstić information content (AvgIpc) is 2.00. The van der Waals surface area contributed by atoms with Crippen molar-refractivity contribution in [1.29, 1.82) is 0 Å². The number of ether oxygens (including phenoxy) is 1. The van der Waals surface area contributed by atoms with E-state index in [0.717, 1.165) is 6.42 Å². The van der Waals surface area contributed by atoms with Gasteiger partial charge in [0, 0.05) is 0 Å². The van der Waals surface area contributed by atoms with Gasteiger partial charge in [0.05, 0.1) is 6.61 Å². The smallest absolute Gasteiger partial charge is 0.313 e. The van der Waals surface area contributed by atoms with Crippen LogP contribution in [0.4, 0.5) is 0 Å². The Kier molecular flexibility index (Phi) is 5.37. The number of Topliss-reactive ketones (excluding diaryl/α,β-unsaturated/α-hetero) is 1. The normalized spacial score (nSPS) is 9.27. The van der Waals surface area contributed by atoms with E-state index in [2.05, 4.69) is 4.74 Å². The van der Waals surface area contributed by atoms with Gasteiger partial charge in [-0.25, -0.2) is 0 Å². The molecule has 0 atom stereocenters. The fourth-order valence-corrected chi connectivity index (χ4v) is 0.484. The standard InChI is InChI=1S/C7H12O4/c1-2-3-11-7(10)4-6(9)5-8/h8H,2-5H2,1H3. The molecule has 0 saturated carbocycles. The van der Waals surface area contributed by atoms with Gasteiger partial charge in [-0.3, -0.25) is 9.59 Å². The molecule has 4 nitrogen and oxygen atoms in total. The second-order valence-electron chi connectivity index (χ2n) is 2.09. The first-order chi connectivity index (χ1) is 5.20. The van der Waals surface area contributed by atoms with E-state index in [9.17, 15) is 9.59 Å². The highest BCUT2D eigenvalue weighted by Gasteiger charge is 2.08. The minimum atomic E-state index is -0.596. The second-order valence-corrected chi connectivity index (χ2v) is 2.09. The van der Waals surface area contributed by atoms with Gasteiger partial charge in [-0.2, -0.15) is 0 Å². The van der Waals surface area contributed by atoms with E-state index >= 15 is 0 Å². The van der Waals surface area contributed by atoms with Gasteiger partial charge in [-0.1, -0.05) is 6.92 Å². The summed E-state index contributed by atoms with van der Waals surface area (Å²) in [5.74, 6) is -1.07. The summed E-state index contributed by atoms with van der Waals surface area (Å²) in [7, 11) is 0. The highest BCUT2D eigenvalue weighted by atomic mass is 16.5. The molecule has 0 aliphatic carbocycles. The Bertz CT molecular complexity index is 141. The van der Waals surface area contributed by atoms with E-state index in [1.165, 1.54) is 0 Å². The first-order valence-corrected chi connectivity index (χ1v) is 3.49. The Morgan fingerprint density at radius 3 is 2.55 bits per heavy atom. The maximum absolute atomic E-state index is 10.6. The van der Waals surface area contributed by atoms with E-state index in [1.54, 1.807) is 0 Å². The van der Waals surface area contributed by atoms with Crippen molar-refractivity contribution in [2.45, 2.75) is 19.8 Å². The zero-order valence-corrected chi connectivity index (χ0v) is 6.50. The first kappa shape index (κ1) is 10.1. The minimum absolute atomic E-state index is 0.323. The van der Waals surface area contributed by atoms with Crippen molar-refractivity contribution in [3.63, 3.8) is 0 Å². The van der Waals surface area contributed by atoms with Crippen molar-refractivity contribution >= 4 is 11.8 Å². The summed E-state index contributed by atoms with van der Waals surface area (Å²) in [6.45, 7) is 1.60. The minimum Gasteiger partial charge on any atom is -0.465 e. The Balaban J connectivity index is 3.44. The van der Waals surface area contributed by atoms with Crippen LogP contribution in [0.15, 0.2) is 0 Å². The van der Waals surface area contributed by atoms with Crippen LogP contribution in [0.25, 0.3) is 0 Å². The summed E-state index contributed by atoms with van der Waals surface area (Å²) in [4.78, 5) is 21.1. The number of hydrogen-bond acceptors (Lipinski definition) is 4. The lowest BCUT2D eigenvalue weighted by atomic mass is 10.3. The van der Waals surface area contributed by atoms with Crippen LogP contribution in [0.3, 0.4) is 0 Å². The molecule has 0 aromatic rings. The SMILES string of the molecule is CCCOC(=O)CC(=O)CO. The quantitative estimate of drug-likeness (QED) is 0.450. The Morgan fingerprint density at radius 2 is 2.09 bits per heavy atom. The summed E-state index contributed by atoms with van der Waals surface area (Å²) in [5, 5.41) is 8.25. The van der Waals surface area contributed by atoms with Crippen LogP contribution in [-0.2, 0) is 14.3 Å². The summed E-state index contributed by atoms with van der Waals surface area (Å²) in [5.41, 5.74) is 0. The molecular weight excluding hydrogens is 148 g/mol. The van der Waals surface area contributed by atoms with Crippen LogP contribution in [0.5, 0.6) is 0 Å². The summed E-state index contributed by atoms with van der Waals surface area (Å²) in [6, 6.07) is 0. The predicted octanol–water partition coefficient (Wildman–Crippen LogP) is -0.109. The molecular formula is C7H12O4. The maximum atomic E-state index is 10.6. The Morgan fingerprint density at radius 1 is 1.45 bits per heavy atom. The third-order valence-electron chi connectivity index (χ3n) is 0.985. The number of hydrogen-bond donors (Lipinski definition) is 1. The number of aliphatic hydroxyl groups excluding tert-OH is 1. The largest absolute Gasteiger partial charge is 0.465 e. The topological polar surface area (TPSA) is 63.6 Å². The molecule has 4 heteroatoms. The predicted molar refractivity (Wildman–Crippen MR) is 38.0 cm³/mol. The number of aliphatic hydroxyl groups is 1. The molecule has 0 spiro atoms. The van der Waals surface area contributed by atoms with E-state index in [4.69, 9.17) is 5.11 Å². The molecule has 0 aromatic carbocycles. The molecule has 0 rings (SSSR count). The van der Waals surface area contributed by atoms with Crippen LogP contribution >= 0.6 is 0 Å². The number of esters is 1. The Labute approximate surface area is 65.2 Å². The van der Waals surface area contributed by atoms with Crippen molar-refractivity contribution in [2.75, 3.05) is 13.2 Å². The zero-order valence-electron chi connectivity index (χ0n) is 6.50. The first-order valence-electron chi connectivity index (χ1n) is 3.49. The molecule has 0 aromatic heterocycles. The molecule has 0 unspecified atom stereocenters. The number of ketones is 1. The summed E-state index contributed by atoms with van der Waals surface area (Å²) >= 11 is 0. The van der Waals surface area contributed by atoms with E-state index < -0.39 is 18.4 Å². The Hall–Kier alpha value is -0.900. The summed E-state index contributed by atoms with van der Waals surface area (Å²) < 4.78 is 4.59. The van der Waals surface area contributed by atoms with Crippen molar-refractivity contribution in [3.05, 3.63) is 0 Å². The summed E-state index contributed by atoms with van der Waals surface area (Å²) in [6.07, 6.45) is 0.412. The average molecular weight is 160 g/mol. The molecule has 0 bridgehead atoms. The van der Waals surface area contributed by atoms with Gasteiger partial charge >= 0.3 is 5.97 Å². The molecule has 0 radical (unpaired) electrons. The van der Waals surface area contributed by atoms with Crippen LogP contribution in [0.1, 0.15) is 19.8 Å². The molecule has 0 amide bonds. The van der Waals surface area contributed by atoms with Gasteiger partial charge in [0.2, 0.25) is 0 Å². The lowest BCUT2D eigenvalue weighted by molar-refractivity contribution is -0.146. The molecule has 64 valence electrons. The highest BCUT2D eigenvalue weighted by Crippen LogP contribution is 1.89. The molecule has 0 aliphatic rings. The zero-order chi connectivity index (χ0) is 8.69. The van der Waals surface area contributed by atoms with Gasteiger partial charge in [0.25, 0.3) is 0 Å². The third-order valence-corrected chi connectivity index (χ3v) is 0.985. The number of carbonyl (C=O) groups is 2. The van der Waals surface area contributed by atoms with Crippen LogP contribution in [-0.4, -0.2) is 30.1 Å². The molecule has 0 saturated heterocycles. The van der Waals surface area contributed by atoms with Gasteiger partial charge in [-0.15, -0.1) is 0 Å². The fourth-order valence-electron chi connectivity index (χ4n) is 0.484. The van der Waals surface area contributed by atoms with Gasteiger partial charge in [0.1, 0.15) is 13.0 Å². The number of rotatable bonds is 5. The monoisotopic (exact) mass is 160 g/mol. The maximum Gasteiger partial charge on any atom is 0.313 e. The lowest BCUT2D eigenvalue weighted by Crippen LogP contribution is -2.14. The third kappa shape index (κ3) is 5.54. The molecule has 11 heavy (non-hydrogen) atoms. The molecule has 1 N–H and O–H groups in total. The second kappa shape index (κ2) is 5.85. The van der Waals surface area contributed by atoms with Crippen LogP contribution in [0, 0.1) is 0 Å². The molecule has 0 heterocycles. The van der Waals surface area contributed by atoms with E-state index in [1.807, 2.05) is 6.92 Å². The number of carbonyl (C=O) groups excluding carboxylic acids is 2. The van der Waals surface area contributed by atoms with E-state index in [-0.39, 0.29) is 6.42 Å². The van der Waals surface area contributed by atoms with Crippen LogP contribution in [0.2, 0.25) is 0 Å². The van der Waals surface area contributed by atoms with Crippen molar-refractivity contribution in [1.82, 2.24) is 0 Å². The van der Waals surface area contributed by atoms with Crippen molar-refractivity contribution < 1.29 is 19.4 Å². The van der Waals surface area contributed by atoms with Gasteiger partial charge in [-0.05, 0) is 6.42 Å². The van der Waals surface area contributed by atoms with Gasteiger partial charge < -0.3 is 9.84 Å². The molecule has 0 fully saturated rings. The van der Waals surface area contributed by atoms with Crippen LogP contribution < -0.4 is 0 Å².